The average molecular weight is 467 g/mol. The Morgan fingerprint density at radius 1 is 0.794 bits per heavy atom. The summed E-state index contributed by atoms with van der Waals surface area (Å²) in [5.74, 6) is -0.0453. The van der Waals surface area contributed by atoms with E-state index in [4.69, 9.17) is 18.9 Å². The summed E-state index contributed by atoms with van der Waals surface area (Å²) in [6.07, 6.45) is 6.51. The highest BCUT2D eigenvalue weighted by Gasteiger charge is 2.13. The van der Waals surface area contributed by atoms with Crippen LogP contribution in [-0.2, 0) is 20.7 Å². The zero-order valence-electron chi connectivity index (χ0n) is 19.4. The van der Waals surface area contributed by atoms with Gasteiger partial charge in [-0.2, -0.15) is 0 Å². The van der Waals surface area contributed by atoms with Crippen molar-refractivity contribution in [3.05, 3.63) is 78.9 Å². The van der Waals surface area contributed by atoms with E-state index < -0.39 is 17.9 Å². The summed E-state index contributed by atoms with van der Waals surface area (Å²) in [5, 5.41) is 0. The van der Waals surface area contributed by atoms with Gasteiger partial charge in [-0.05, 0) is 80.1 Å². The molecule has 7 heteroatoms. The van der Waals surface area contributed by atoms with Crippen molar-refractivity contribution in [2.45, 2.75) is 39.0 Å². The van der Waals surface area contributed by atoms with Crippen LogP contribution in [0, 0.1) is 0 Å². The Kier molecular flexibility index (Phi) is 11.1. The van der Waals surface area contributed by atoms with Crippen LogP contribution in [0.25, 0.3) is 0 Å². The summed E-state index contributed by atoms with van der Waals surface area (Å²) >= 11 is 0. The maximum Gasteiger partial charge on any atom is 0.343 e. The third-order valence-corrected chi connectivity index (χ3v) is 4.80. The van der Waals surface area contributed by atoms with E-state index in [1.54, 1.807) is 30.3 Å². The van der Waals surface area contributed by atoms with Gasteiger partial charge in [-0.25, -0.2) is 14.4 Å². The molecule has 2 aromatic carbocycles. The van der Waals surface area contributed by atoms with E-state index in [2.05, 4.69) is 13.2 Å². The van der Waals surface area contributed by atoms with Crippen molar-refractivity contribution in [3.63, 3.8) is 0 Å². The molecule has 0 saturated carbocycles. The van der Waals surface area contributed by atoms with E-state index >= 15 is 0 Å². The highest BCUT2D eigenvalue weighted by molar-refractivity contribution is 5.91. The first-order valence-corrected chi connectivity index (χ1v) is 11.2. The Hall–Kier alpha value is -3.87. The molecule has 0 aliphatic rings. The number of ether oxygens (including phenoxy) is 4. The fraction of sp³-hybridized carbons (Fsp3) is 0.296. The molecule has 0 N–H and O–H groups in total. The predicted molar refractivity (Wildman–Crippen MR) is 128 cm³/mol. The third-order valence-electron chi connectivity index (χ3n) is 4.80. The van der Waals surface area contributed by atoms with E-state index in [1.807, 2.05) is 6.92 Å². The van der Waals surface area contributed by atoms with E-state index in [9.17, 15) is 14.4 Å². The van der Waals surface area contributed by atoms with Crippen LogP contribution in [0.4, 0.5) is 0 Å². The molecule has 2 aromatic rings. The summed E-state index contributed by atoms with van der Waals surface area (Å²) in [6.45, 7) is 9.65. The predicted octanol–water partition coefficient (Wildman–Crippen LogP) is 5.23. The second kappa shape index (κ2) is 14.3. The summed E-state index contributed by atoms with van der Waals surface area (Å²) in [4.78, 5) is 34.7. The molecule has 0 heterocycles. The lowest BCUT2D eigenvalue weighted by atomic mass is 10.1. The van der Waals surface area contributed by atoms with E-state index in [0.717, 1.165) is 49.1 Å². The molecule has 34 heavy (non-hydrogen) atoms. The molecular formula is C27H30O7. The van der Waals surface area contributed by atoms with Crippen molar-refractivity contribution in [2.75, 3.05) is 13.2 Å². The molecule has 0 unspecified atom stereocenters. The summed E-state index contributed by atoms with van der Waals surface area (Å²) in [5.41, 5.74) is 1.33. The number of esters is 3. The topological polar surface area (TPSA) is 88.1 Å². The molecule has 0 amide bonds. The van der Waals surface area contributed by atoms with Gasteiger partial charge in [0.2, 0.25) is 0 Å². The van der Waals surface area contributed by atoms with Gasteiger partial charge in [0.05, 0.1) is 18.8 Å². The largest absolute Gasteiger partial charge is 0.493 e. The molecule has 7 nitrogen and oxygen atoms in total. The number of hydrogen-bond donors (Lipinski definition) is 0. The van der Waals surface area contributed by atoms with Gasteiger partial charge in [0.1, 0.15) is 17.2 Å². The lowest BCUT2D eigenvalue weighted by Gasteiger charge is -2.12. The van der Waals surface area contributed by atoms with Gasteiger partial charge in [0, 0.05) is 12.2 Å². The third kappa shape index (κ3) is 8.94. The Bertz CT molecular complexity index is 993. The monoisotopic (exact) mass is 466 g/mol. The van der Waals surface area contributed by atoms with Crippen LogP contribution >= 0.6 is 0 Å². The van der Waals surface area contributed by atoms with Crippen LogP contribution in [0.1, 0.15) is 48.5 Å². The zero-order chi connectivity index (χ0) is 24.8. The summed E-state index contributed by atoms with van der Waals surface area (Å²) < 4.78 is 21.3. The molecule has 0 aromatic heterocycles. The van der Waals surface area contributed by atoms with Crippen LogP contribution in [-0.4, -0.2) is 31.1 Å². The van der Waals surface area contributed by atoms with Gasteiger partial charge in [0.25, 0.3) is 0 Å². The Labute approximate surface area is 200 Å². The number of hydrogen-bond acceptors (Lipinski definition) is 7. The number of carbonyl (C=O) groups is 3. The molecule has 0 fully saturated rings. The Morgan fingerprint density at radius 3 is 2.03 bits per heavy atom. The van der Waals surface area contributed by atoms with Crippen LogP contribution in [0.2, 0.25) is 0 Å². The number of carbonyl (C=O) groups excluding carboxylic acids is 3. The molecule has 0 radical (unpaired) electrons. The molecule has 0 atom stereocenters. The highest BCUT2D eigenvalue weighted by atomic mass is 16.5. The van der Waals surface area contributed by atoms with Gasteiger partial charge >= 0.3 is 17.9 Å². The van der Waals surface area contributed by atoms with Gasteiger partial charge in [0.15, 0.2) is 0 Å². The number of aryl methyl sites for hydroxylation is 1. The van der Waals surface area contributed by atoms with Crippen molar-refractivity contribution < 1.29 is 33.3 Å². The van der Waals surface area contributed by atoms with Crippen LogP contribution < -0.4 is 14.2 Å². The molecule has 0 bridgehead atoms. The van der Waals surface area contributed by atoms with Gasteiger partial charge < -0.3 is 18.9 Å². The lowest BCUT2D eigenvalue weighted by molar-refractivity contribution is -0.137. The molecule has 180 valence electrons. The minimum atomic E-state index is -0.564. The number of rotatable bonds is 14. The quantitative estimate of drug-likeness (QED) is 0.163. The number of benzene rings is 2. The first kappa shape index (κ1) is 26.4. The van der Waals surface area contributed by atoms with E-state index in [-0.39, 0.29) is 0 Å². The summed E-state index contributed by atoms with van der Waals surface area (Å²) in [6, 6.07) is 11.4. The van der Waals surface area contributed by atoms with Gasteiger partial charge in [-0.15, -0.1) is 0 Å². The normalized spacial score (nSPS) is 10.1. The molecule has 0 saturated heterocycles. The molecule has 0 aliphatic heterocycles. The fourth-order valence-electron chi connectivity index (χ4n) is 2.99. The second-order valence-corrected chi connectivity index (χ2v) is 7.30. The first-order chi connectivity index (χ1) is 16.5. The highest BCUT2D eigenvalue weighted by Crippen LogP contribution is 2.23. The molecule has 0 aliphatic carbocycles. The minimum absolute atomic E-state index is 0.329. The van der Waals surface area contributed by atoms with E-state index in [1.165, 1.54) is 12.1 Å². The van der Waals surface area contributed by atoms with Crippen molar-refractivity contribution in [3.8, 4) is 17.2 Å². The van der Waals surface area contributed by atoms with Crippen LogP contribution in [0.15, 0.2) is 67.8 Å². The van der Waals surface area contributed by atoms with Crippen LogP contribution in [0.5, 0.6) is 17.2 Å². The first-order valence-electron chi connectivity index (χ1n) is 11.2. The van der Waals surface area contributed by atoms with E-state index in [0.29, 0.717) is 36.7 Å². The van der Waals surface area contributed by atoms with Crippen molar-refractivity contribution >= 4 is 17.9 Å². The van der Waals surface area contributed by atoms with Crippen LogP contribution in [0.3, 0.4) is 0 Å². The molecule has 0 spiro atoms. The SMILES string of the molecule is C=CC(=O)OCCCCCCOc1ccc(C(=O)Oc2ccc(OC(=O)C=C)cc2)cc1CC. The number of unbranched alkanes of at least 4 members (excludes halogenated alkanes) is 3. The minimum Gasteiger partial charge on any atom is -0.493 e. The Balaban J connectivity index is 1.81. The smallest absolute Gasteiger partial charge is 0.343 e. The standard InChI is InChI=1S/C27H30O7/c1-4-20-19-21(27(30)34-23-14-12-22(13-15-23)33-26(29)6-3)11-16-24(20)31-17-9-7-8-10-18-32-25(28)5-2/h5-6,11-16,19H,2-4,7-10,17-18H2,1H3. The summed E-state index contributed by atoms with van der Waals surface area (Å²) in [7, 11) is 0. The average Bonchev–Trinajstić information content (AvgIpc) is 2.86. The van der Waals surface area contributed by atoms with Gasteiger partial charge in [-0.1, -0.05) is 20.1 Å². The lowest BCUT2D eigenvalue weighted by Crippen LogP contribution is -2.10. The van der Waals surface area contributed by atoms with Crippen molar-refractivity contribution in [1.82, 2.24) is 0 Å². The fourth-order valence-corrected chi connectivity index (χ4v) is 2.99. The maximum atomic E-state index is 12.6. The molecular weight excluding hydrogens is 436 g/mol. The van der Waals surface area contributed by atoms with Gasteiger partial charge in [-0.3, -0.25) is 0 Å². The molecule has 2 rings (SSSR count). The van der Waals surface area contributed by atoms with Crippen molar-refractivity contribution in [1.29, 1.82) is 0 Å². The zero-order valence-corrected chi connectivity index (χ0v) is 19.4. The second-order valence-electron chi connectivity index (χ2n) is 7.30. The maximum absolute atomic E-state index is 12.6. The Morgan fingerprint density at radius 2 is 1.41 bits per heavy atom. The van der Waals surface area contributed by atoms with Crippen molar-refractivity contribution in [2.24, 2.45) is 0 Å².